The van der Waals surface area contributed by atoms with Gasteiger partial charge in [0, 0.05) is 12.1 Å². The van der Waals surface area contributed by atoms with Gasteiger partial charge in [-0.05, 0) is 43.7 Å². The molecule has 1 aromatic carbocycles. The average molecular weight is 296 g/mol. The molecule has 0 atom stereocenters. The number of aromatic nitrogens is 2. The number of allylic oxidation sites excluding steroid dienone is 3. The van der Waals surface area contributed by atoms with E-state index in [1.54, 1.807) is 7.11 Å². The predicted molar refractivity (Wildman–Crippen MR) is 93.0 cm³/mol. The van der Waals surface area contributed by atoms with Gasteiger partial charge >= 0.3 is 0 Å². The summed E-state index contributed by atoms with van der Waals surface area (Å²) < 4.78 is 7.48. The minimum absolute atomic E-state index is 0.870. The van der Waals surface area contributed by atoms with Crippen LogP contribution >= 0.6 is 0 Å². The van der Waals surface area contributed by atoms with E-state index < -0.39 is 0 Å². The molecule has 0 aliphatic carbocycles. The highest BCUT2D eigenvalue weighted by Gasteiger charge is 2.11. The monoisotopic (exact) mass is 296 g/mol. The molecule has 0 aliphatic heterocycles. The third-order valence-corrected chi connectivity index (χ3v) is 3.54. The lowest BCUT2D eigenvalue weighted by molar-refractivity contribution is 0.415. The van der Waals surface area contributed by atoms with Crippen molar-refractivity contribution < 1.29 is 4.74 Å². The van der Waals surface area contributed by atoms with E-state index in [9.17, 15) is 0 Å². The topological polar surface area (TPSA) is 27.1 Å². The van der Waals surface area contributed by atoms with Crippen LogP contribution in [0.1, 0.15) is 32.4 Å². The Hall–Kier alpha value is -2.29. The predicted octanol–water partition coefficient (Wildman–Crippen LogP) is 4.95. The van der Waals surface area contributed by atoms with Gasteiger partial charge in [0.05, 0.1) is 24.8 Å². The number of nitrogens with zero attached hydrogens (tertiary/aromatic N) is 2. The highest BCUT2D eigenvalue weighted by Crippen LogP contribution is 2.27. The van der Waals surface area contributed by atoms with Crippen molar-refractivity contribution in [1.29, 1.82) is 0 Å². The number of hydrogen-bond acceptors (Lipinski definition) is 2. The van der Waals surface area contributed by atoms with Crippen LogP contribution in [0.25, 0.3) is 17.3 Å². The summed E-state index contributed by atoms with van der Waals surface area (Å²) in [6.45, 7) is 5.20. The molecule has 0 saturated carbocycles. The second-order valence-electron chi connectivity index (χ2n) is 5.14. The molecule has 2 rings (SSSR count). The molecule has 3 nitrogen and oxygen atoms in total. The van der Waals surface area contributed by atoms with E-state index >= 15 is 0 Å². The maximum absolute atomic E-state index is 5.25. The Morgan fingerprint density at radius 2 is 1.95 bits per heavy atom. The van der Waals surface area contributed by atoms with E-state index in [1.165, 1.54) is 6.42 Å². The van der Waals surface area contributed by atoms with Crippen LogP contribution in [-0.4, -0.2) is 16.7 Å². The third kappa shape index (κ3) is 3.88. The van der Waals surface area contributed by atoms with Gasteiger partial charge in [0.1, 0.15) is 5.75 Å². The molecule has 0 unspecified atom stereocenters. The molecule has 0 aliphatic rings. The summed E-state index contributed by atoms with van der Waals surface area (Å²) in [5, 5.41) is 0. The Bertz CT molecular complexity index is 636. The molecule has 1 heterocycles. The van der Waals surface area contributed by atoms with Gasteiger partial charge in [-0.1, -0.05) is 31.6 Å². The second kappa shape index (κ2) is 8.23. The van der Waals surface area contributed by atoms with Gasteiger partial charge in [0.25, 0.3) is 0 Å². The van der Waals surface area contributed by atoms with E-state index in [4.69, 9.17) is 4.74 Å². The highest BCUT2D eigenvalue weighted by atomic mass is 16.5. The minimum atomic E-state index is 0.870. The second-order valence-corrected chi connectivity index (χ2v) is 5.14. The fraction of sp³-hybridized carbons (Fsp3) is 0.316. The van der Waals surface area contributed by atoms with Crippen molar-refractivity contribution in [2.75, 3.05) is 7.11 Å². The normalized spacial score (nSPS) is 11.6. The minimum Gasteiger partial charge on any atom is -0.497 e. The zero-order chi connectivity index (χ0) is 15.8. The number of imidazole rings is 1. The summed E-state index contributed by atoms with van der Waals surface area (Å²) >= 11 is 0. The summed E-state index contributed by atoms with van der Waals surface area (Å²) in [6, 6.07) is 8.16. The molecule has 0 spiro atoms. The molecule has 116 valence electrons. The molecule has 2 aromatic rings. The van der Waals surface area contributed by atoms with Crippen LogP contribution in [0.2, 0.25) is 0 Å². The van der Waals surface area contributed by atoms with Gasteiger partial charge in [-0.2, -0.15) is 0 Å². The van der Waals surface area contributed by atoms with Gasteiger partial charge in [-0.15, -0.1) is 0 Å². The Balaban J connectivity index is 2.40. The van der Waals surface area contributed by atoms with Crippen molar-refractivity contribution >= 4 is 6.08 Å². The number of hydrogen-bond donors (Lipinski definition) is 0. The summed E-state index contributed by atoms with van der Waals surface area (Å²) in [4.78, 5) is 4.57. The first-order chi connectivity index (χ1) is 10.8. The number of benzene rings is 1. The van der Waals surface area contributed by atoms with E-state index in [2.05, 4.69) is 34.7 Å². The van der Waals surface area contributed by atoms with Crippen molar-refractivity contribution in [1.82, 2.24) is 9.55 Å². The zero-order valence-corrected chi connectivity index (χ0v) is 13.6. The van der Waals surface area contributed by atoms with Crippen molar-refractivity contribution in [3.05, 3.63) is 54.5 Å². The largest absolute Gasteiger partial charge is 0.497 e. The van der Waals surface area contributed by atoms with E-state index in [0.717, 1.165) is 35.7 Å². The van der Waals surface area contributed by atoms with Crippen LogP contribution in [0.15, 0.2) is 48.8 Å². The Labute approximate surface area is 133 Å². The fourth-order valence-corrected chi connectivity index (χ4v) is 2.34. The molecule has 22 heavy (non-hydrogen) atoms. The van der Waals surface area contributed by atoms with Gasteiger partial charge in [-0.3, -0.25) is 0 Å². The molecule has 0 bridgehead atoms. The Kier molecular flexibility index (Phi) is 6.01. The fourth-order valence-electron chi connectivity index (χ4n) is 2.34. The molecule has 0 amide bonds. The van der Waals surface area contributed by atoms with Crippen LogP contribution in [0.5, 0.6) is 5.75 Å². The van der Waals surface area contributed by atoms with Gasteiger partial charge in [-0.25, -0.2) is 4.98 Å². The van der Waals surface area contributed by atoms with E-state index in [1.807, 2.05) is 43.6 Å². The van der Waals surface area contributed by atoms with Crippen LogP contribution in [0.3, 0.4) is 0 Å². The third-order valence-electron chi connectivity index (χ3n) is 3.54. The molecule has 0 radical (unpaired) electrons. The maximum Gasteiger partial charge on any atom is 0.118 e. The lowest BCUT2D eigenvalue weighted by Crippen LogP contribution is -1.99. The standard InChI is InChI=1S/C19H24N2O/c1-4-6-8-9-18-19(21(15-20-18)14-7-5-2)16-10-12-17(22-3)13-11-16/h4,6,8-13,15H,5,7,14H2,1-3H3/b6-4-,9-8-. The van der Waals surface area contributed by atoms with Crippen molar-refractivity contribution in [3.63, 3.8) is 0 Å². The van der Waals surface area contributed by atoms with Crippen LogP contribution in [-0.2, 0) is 6.54 Å². The zero-order valence-electron chi connectivity index (χ0n) is 13.6. The van der Waals surface area contributed by atoms with Crippen LogP contribution < -0.4 is 4.74 Å². The van der Waals surface area contributed by atoms with Crippen LogP contribution in [0.4, 0.5) is 0 Å². The molecule has 1 aromatic heterocycles. The molecular formula is C19H24N2O. The lowest BCUT2D eigenvalue weighted by Gasteiger charge is -2.09. The Morgan fingerprint density at radius 3 is 2.59 bits per heavy atom. The summed E-state index contributed by atoms with van der Waals surface area (Å²) in [6.07, 6.45) is 12.4. The van der Waals surface area contributed by atoms with E-state index in [-0.39, 0.29) is 0 Å². The molecular weight excluding hydrogens is 272 g/mol. The van der Waals surface area contributed by atoms with Gasteiger partial charge < -0.3 is 9.30 Å². The first-order valence-electron chi connectivity index (χ1n) is 7.79. The van der Waals surface area contributed by atoms with Gasteiger partial charge in [0.15, 0.2) is 0 Å². The number of methoxy groups -OCH3 is 1. The van der Waals surface area contributed by atoms with Crippen molar-refractivity contribution in [2.45, 2.75) is 33.2 Å². The van der Waals surface area contributed by atoms with Gasteiger partial charge in [0.2, 0.25) is 0 Å². The molecule has 3 heteroatoms. The summed E-state index contributed by atoms with van der Waals surface area (Å²) in [5.74, 6) is 0.870. The maximum atomic E-state index is 5.25. The molecule has 0 N–H and O–H groups in total. The number of unbranched alkanes of at least 4 members (excludes halogenated alkanes) is 1. The van der Waals surface area contributed by atoms with Crippen molar-refractivity contribution in [2.24, 2.45) is 0 Å². The quantitative estimate of drug-likeness (QED) is 0.676. The summed E-state index contributed by atoms with van der Waals surface area (Å²) in [5.41, 5.74) is 3.32. The number of aryl methyl sites for hydroxylation is 1. The Morgan fingerprint density at radius 1 is 1.18 bits per heavy atom. The number of ether oxygens (including phenoxy) is 1. The van der Waals surface area contributed by atoms with Crippen molar-refractivity contribution in [3.8, 4) is 17.0 Å². The molecule has 0 fully saturated rings. The lowest BCUT2D eigenvalue weighted by atomic mass is 10.1. The smallest absolute Gasteiger partial charge is 0.118 e. The SMILES string of the molecule is C/C=C\C=C/c1ncn(CCCC)c1-c1ccc(OC)cc1. The number of rotatable bonds is 7. The van der Waals surface area contributed by atoms with Crippen LogP contribution in [0, 0.1) is 0 Å². The highest BCUT2D eigenvalue weighted by molar-refractivity contribution is 5.71. The first kappa shape index (κ1) is 16.1. The van der Waals surface area contributed by atoms with E-state index in [0.29, 0.717) is 0 Å². The average Bonchev–Trinajstić information content (AvgIpc) is 2.96. The summed E-state index contributed by atoms with van der Waals surface area (Å²) in [7, 11) is 1.69. The first-order valence-corrected chi connectivity index (χ1v) is 7.79. The molecule has 0 saturated heterocycles.